The maximum Gasteiger partial charge on any atom is 0.283 e. The average molecular weight is 115 g/mol. The third kappa shape index (κ3) is 0.962. The minimum atomic E-state index is 0.0185. The van der Waals surface area contributed by atoms with Crippen molar-refractivity contribution in [3.63, 3.8) is 0 Å². The first-order valence-electron chi connectivity index (χ1n) is 1.90. The summed E-state index contributed by atoms with van der Waals surface area (Å²) in [4.78, 5) is 10.2. The van der Waals surface area contributed by atoms with Crippen molar-refractivity contribution in [2.45, 2.75) is 0 Å². The van der Waals surface area contributed by atoms with Crippen LogP contribution in [0.15, 0.2) is 12.3 Å². The molecule has 0 spiro atoms. The van der Waals surface area contributed by atoms with Gasteiger partial charge in [0.1, 0.15) is 0 Å². The van der Waals surface area contributed by atoms with Crippen LogP contribution < -0.4 is 5.32 Å². The molecule has 1 fully saturated rings. The second kappa shape index (κ2) is 1.58. The Morgan fingerprint density at radius 2 is 2.57 bits per heavy atom. The minimum Gasteiger partial charge on any atom is -0.320 e. The Hall–Kier alpha value is -0.440. The van der Waals surface area contributed by atoms with Crippen molar-refractivity contribution in [1.82, 2.24) is 5.32 Å². The van der Waals surface area contributed by atoms with E-state index in [0.717, 1.165) is 11.4 Å². The molecular formula is C4H5NOS. The van der Waals surface area contributed by atoms with Crippen molar-refractivity contribution in [1.29, 1.82) is 0 Å². The molecule has 2 nitrogen and oxygen atoms in total. The van der Waals surface area contributed by atoms with E-state index >= 15 is 0 Å². The Morgan fingerprint density at radius 1 is 1.86 bits per heavy atom. The van der Waals surface area contributed by atoms with Gasteiger partial charge in [0.15, 0.2) is 0 Å². The number of hydrogen-bond donors (Lipinski definition) is 1. The maximum atomic E-state index is 10.2. The largest absolute Gasteiger partial charge is 0.320 e. The third-order valence-electron chi connectivity index (χ3n) is 0.656. The highest BCUT2D eigenvalue weighted by Gasteiger charge is 2.11. The Labute approximate surface area is 46.0 Å². The fraction of sp³-hybridized carbons (Fsp3) is 0.250. The summed E-state index contributed by atoms with van der Waals surface area (Å²) in [6.07, 6.45) is 0. The van der Waals surface area contributed by atoms with E-state index in [-0.39, 0.29) is 5.24 Å². The van der Waals surface area contributed by atoms with Crippen molar-refractivity contribution < 1.29 is 4.79 Å². The normalized spacial score (nSPS) is 20.0. The van der Waals surface area contributed by atoms with Gasteiger partial charge in [-0.05, 0) is 0 Å². The Kier molecular flexibility index (Phi) is 1.06. The van der Waals surface area contributed by atoms with Gasteiger partial charge in [0.25, 0.3) is 5.24 Å². The van der Waals surface area contributed by atoms with E-state index in [0.29, 0.717) is 0 Å². The summed E-state index contributed by atoms with van der Waals surface area (Å²) in [5.41, 5.74) is 0.815. The maximum absolute atomic E-state index is 10.2. The summed E-state index contributed by atoms with van der Waals surface area (Å²) < 4.78 is 0. The van der Waals surface area contributed by atoms with Crippen molar-refractivity contribution in [2.24, 2.45) is 0 Å². The van der Waals surface area contributed by atoms with Crippen LogP contribution in [0.25, 0.3) is 0 Å². The first kappa shape index (κ1) is 4.71. The van der Waals surface area contributed by atoms with Crippen LogP contribution in [0.3, 0.4) is 0 Å². The van der Waals surface area contributed by atoms with Crippen LogP contribution in [-0.4, -0.2) is 11.0 Å². The lowest BCUT2D eigenvalue weighted by Crippen LogP contribution is -2.07. The number of nitrogens with one attached hydrogen (secondary N) is 1. The van der Waals surface area contributed by atoms with Crippen LogP contribution in [0.5, 0.6) is 0 Å². The smallest absolute Gasteiger partial charge is 0.283 e. The van der Waals surface area contributed by atoms with E-state index in [2.05, 4.69) is 11.9 Å². The van der Waals surface area contributed by atoms with Crippen LogP contribution in [0.1, 0.15) is 0 Å². The molecular weight excluding hydrogens is 110 g/mol. The molecule has 38 valence electrons. The highest BCUT2D eigenvalue weighted by Crippen LogP contribution is 2.12. The van der Waals surface area contributed by atoms with Gasteiger partial charge in [0, 0.05) is 11.4 Å². The molecule has 0 unspecified atom stereocenters. The molecule has 0 aromatic carbocycles. The SMILES string of the molecule is C=C1CSC(=O)N1. The average Bonchev–Trinajstić information content (AvgIpc) is 1.87. The third-order valence-corrected chi connectivity index (χ3v) is 1.51. The van der Waals surface area contributed by atoms with Crippen molar-refractivity contribution in [2.75, 3.05) is 5.75 Å². The lowest BCUT2D eigenvalue weighted by atomic mass is 10.6. The second-order valence-corrected chi connectivity index (χ2v) is 2.25. The molecule has 7 heavy (non-hydrogen) atoms. The fourth-order valence-electron chi connectivity index (χ4n) is 0.369. The predicted octanol–water partition coefficient (Wildman–Crippen LogP) is 0.956. The number of thioether (sulfide) groups is 1. The number of carbonyl (C=O) groups excluding carboxylic acids is 1. The molecule has 0 aliphatic carbocycles. The van der Waals surface area contributed by atoms with Gasteiger partial charge in [0.05, 0.1) is 0 Å². The van der Waals surface area contributed by atoms with Crippen LogP contribution in [0.2, 0.25) is 0 Å². The van der Waals surface area contributed by atoms with E-state index < -0.39 is 0 Å². The Morgan fingerprint density at radius 3 is 2.71 bits per heavy atom. The number of rotatable bonds is 0. The van der Waals surface area contributed by atoms with Gasteiger partial charge < -0.3 is 5.32 Å². The molecule has 1 amide bonds. The standard InChI is InChI=1S/C4H5NOS/c1-3-2-7-4(6)5-3/h1-2H2,(H,5,6). The molecule has 0 radical (unpaired) electrons. The van der Waals surface area contributed by atoms with Gasteiger partial charge >= 0.3 is 0 Å². The molecule has 1 aliphatic rings. The Balaban J connectivity index is 2.55. The van der Waals surface area contributed by atoms with Gasteiger partial charge in [-0.15, -0.1) is 0 Å². The molecule has 1 N–H and O–H groups in total. The zero-order valence-electron chi connectivity index (χ0n) is 3.73. The molecule has 1 heterocycles. The highest BCUT2D eigenvalue weighted by molar-refractivity contribution is 8.14. The summed E-state index contributed by atoms with van der Waals surface area (Å²) in [6.45, 7) is 3.55. The van der Waals surface area contributed by atoms with Gasteiger partial charge in [-0.3, -0.25) is 4.79 Å². The molecule has 3 heteroatoms. The van der Waals surface area contributed by atoms with Gasteiger partial charge in [-0.1, -0.05) is 18.3 Å². The summed E-state index contributed by atoms with van der Waals surface area (Å²) in [7, 11) is 0. The van der Waals surface area contributed by atoms with Gasteiger partial charge in [0.2, 0.25) is 0 Å². The lowest BCUT2D eigenvalue weighted by molar-refractivity contribution is 0.263. The van der Waals surface area contributed by atoms with E-state index in [1.165, 1.54) is 11.8 Å². The number of carbonyl (C=O) groups is 1. The van der Waals surface area contributed by atoms with Crippen LogP contribution in [0, 0.1) is 0 Å². The summed E-state index contributed by atoms with van der Waals surface area (Å²) in [5, 5.41) is 2.56. The zero-order chi connectivity index (χ0) is 5.28. The molecule has 1 aliphatic heterocycles. The van der Waals surface area contributed by atoms with Crippen LogP contribution in [-0.2, 0) is 0 Å². The van der Waals surface area contributed by atoms with Crippen molar-refractivity contribution >= 4 is 17.0 Å². The van der Waals surface area contributed by atoms with Crippen LogP contribution >= 0.6 is 11.8 Å². The highest BCUT2D eigenvalue weighted by atomic mass is 32.2. The minimum absolute atomic E-state index is 0.0185. The molecule has 1 saturated heterocycles. The predicted molar refractivity (Wildman–Crippen MR) is 30.1 cm³/mol. The molecule has 0 bridgehead atoms. The summed E-state index contributed by atoms with van der Waals surface area (Å²) in [5.74, 6) is 0.735. The zero-order valence-corrected chi connectivity index (χ0v) is 4.55. The van der Waals surface area contributed by atoms with Gasteiger partial charge in [-0.2, -0.15) is 0 Å². The first-order chi connectivity index (χ1) is 3.29. The molecule has 0 atom stereocenters. The second-order valence-electron chi connectivity index (χ2n) is 1.30. The topological polar surface area (TPSA) is 29.1 Å². The Bertz CT molecular complexity index is 107. The van der Waals surface area contributed by atoms with E-state index in [4.69, 9.17) is 0 Å². The van der Waals surface area contributed by atoms with Gasteiger partial charge in [-0.25, -0.2) is 0 Å². The van der Waals surface area contributed by atoms with E-state index in [1.54, 1.807) is 0 Å². The molecule has 0 aromatic rings. The van der Waals surface area contributed by atoms with Crippen molar-refractivity contribution in [3.8, 4) is 0 Å². The van der Waals surface area contributed by atoms with Crippen molar-refractivity contribution in [3.05, 3.63) is 12.3 Å². The summed E-state index contributed by atoms with van der Waals surface area (Å²) >= 11 is 1.26. The summed E-state index contributed by atoms with van der Waals surface area (Å²) in [6, 6.07) is 0. The number of amides is 1. The van der Waals surface area contributed by atoms with E-state index in [9.17, 15) is 4.79 Å². The van der Waals surface area contributed by atoms with Crippen LogP contribution in [0.4, 0.5) is 4.79 Å². The quantitative estimate of drug-likeness (QED) is 0.509. The lowest BCUT2D eigenvalue weighted by Gasteiger charge is -1.84. The molecule has 0 aromatic heterocycles. The molecule has 1 rings (SSSR count). The molecule has 0 saturated carbocycles. The van der Waals surface area contributed by atoms with E-state index in [1.807, 2.05) is 0 Å². The first-order valence-corrected chi connectivity index (χ1v) is 2.89. The monoisotopic (exact) mass is 115 g/mol. The number of hydrogen-bond acceptors (Lipinski definition) is 2. The fourth-order valence-corrected chi connectivity index (χ4v) is 0.963.